The second-order valence-electron chi connectivity index (χ2n) is 16.1. The van der Waals surface area contributed by atoms with Crippen LogP contribution in [0.3, 0.4) is 0 Å². The topological polar surface area (TPSA) is 132 Å². The summed E-state index contributed by atoms with van der Waals surface area (Å²) in [5, 5.41) is 32.0. The monoisotopic (exact) mass is 758 g/mol. The molecule has 4 aromatic carbocycles. The lowest BCUT2D eigenvalue weighted by atomic mass is 9.40. The molecule has 0 aromatic heterocycles. The number of aliphatic hydroxyl groups is 1. The summed E-state index contributed by atoms with van der Waals surface area (Å²) in [5.74, 6) is 0.0139. The molecule has 4 aliphatic rings. The number of methoxy groups -OCH3 is 2. The fourth-order valence-corrected chi connectivity index (χ4v) is 11.1. The van der Waals surface area contributed by atoms with Gasteiger partial charge in [-0.3, -0.25) is 9.59 Å². The van der Waals surface area contributed by atoms with E-state index in [2.05, 4.69) is 24.3 Å². The summed E-state index contributed by atoms with van der Waals surface area (Å²) in [7, 11) is 3.11. The molecule has 4 aliphatic carbocycles. The van der Waals surface area contributed by atoms with Gasteiger partial charge in [0.05, 0.1) is 27.2 Å². The highest BCUT2D eigenvalue weighted by Gasteiger charge is 2.63. The van der Waals surface area contributed by atoms with Crippen molar-refractivity contribution in [2.24, 2.45) is 23.2 Å². The van der Waals surface area contributed by atoms with Gasteiger partial charge in [0.2, 0.25) is 0 Å². The minimum absolute atomic E-state index is 0.00570. The van der Waals surface area contributed by atoms with Crippen molar-refractivity contribution in [1.29, 1.82) is 0 Å². The van der Waals surface area contributed by atoms with Crippen LogP contribution in [0.4, 0.5) is 0 Å². The number of phenolic OH excluding ortho intramolecular Hbond substituents is 2. The number of carbonyl (C=O) groups is 2. The van der Waals surface area contributed by atoms with Gasteiger partial charge in [-0.25, -0.2) is 0 Å². The van der Waals surface area contributed by atoms with E-state index >= 15 is 0 Å². The van der Waals surface area contributed by atoms with Gasteiger partial charge >= 0.3 is 11.9 Å². The molecular formula is C47H50O9. The molecule has 3 N–H and O–H groups in total. The second kappa shape index (κ2) is 15.3. The number of fused-ring (bicyclic) bond motifs is 4. The molecule has 0 amide bonds. The summed E-state index contributed by atoms with van der Waals surface area (Å²) < 4.78 is 24.2. The molecule has 0 radical (unpaired) electrons. The van der Waals surface area contributed by atoms with Crippen molar-refractivity contribution >= 4 is 18.0 Å². The molecule has 0 bridgehead atoms. The lowest BCUT2D eigenvalue weighted by molar-refractivity contribution is -0.169. The SMILES string of the molecule is COc1cc2c(cc1O)[C@@H]1CC[C@@H]3Cc4cc(O)c(OC)cc4[C@H]4C[C@H](OC(=O)Cc5cccc(CO)c5)C[C@@H](OC(C)=O)[C@@H](C2)[C@]1(/C=C/c1ccccc1)[C@H]34. The number of aliphatic hydroxyl groups excluding tert-OH is 1. The van der Waals surface area contributed by atoms with Gasteiger partial charge in [0.15, 0.2) is 23.0 Å². The van der Waals surface area contributed by atoms with E-state index in [1.54, 1.807) is 14.2 Å². The van der Waals surface area contributed by atoms with Crippen molar-refractivity contribution < 1.29 is 43.9 Å². The number of hydrogen-bond donors (Lipinski definition) is 3. The number of hydrogen-bond acceptors (Lipinski definition) is 9. The van der Waals surface area contributed by atoms with Crippen LogP contribution in [-0.2, 0) is 44.9 Å². The first kappa shape index (κ1) is 37.6. The normalized spacial score (nSPS) is 27.5. The summed E-state index contributed by atoms with van der Waals surface area (Å²) in [6.45, 7) is 1.31. The van der Waals surface area contributed by atoms with Gasteiger partial charge in [-0.2, -0.15) is 0 Å². The van der Waals surface area contributed by atoms with Crippen molar-refractivity contribution in [3.8, 4) is 23.0 Å². The molecule has 0 aliphatic heterocycles. The minimum Gasteiger partial charge on any atom is -0.504 e. The number of carbonyl (C=O) groups excluding carboxylic acids is 2. The summed E-state index contributed by atoms with van der Waals surface area (Å²) in [6.07, 6.45) is 7.26. The van der Waals surface area contributed by atoms with Gasteiger partial charge in [-0.1, -0.05) is 66.7 Å². The predicted octanol–water partition coefficient (Wildman–Crippen LogP) is 7.81. The van der Waals surface area contributed by atoms with Crippen LogP contribution in [-0.4, -0.2) is 53.7 Å². The Morgan fingerprint density at radius 2 is 1.54 bits per heavy atom. The highest BCUT2D eigenvalue weighted by atomic mass is 16.6. The van der Waals surface area contributed by atoms with Crippen LogP contribution in [0.15, 0.2) is 84.9 Å². The Balaban J connectivity index is 1.33. The molecular weight excluding hydrogens is 709 g/mol. The molecule has 9 nitrogen and oxygen atoms in total. The summed E-state index contributed by atoms with van der Waals surface area (Å²) in [5.41, 5.74) is 6.22. The predicted molar refractivity (Wildman–Crippen MR) is 211 cm³/mol. The largest absolute Gasteiger partial charge is 0.504 e. The van der Waals surface area contributed by atoms with E-state index in [1.165, 1.54) is 6.92 Å². The average Bonchev–Trinajstić information content (AvgIpc) is 3.18. The number of benzene rings is 4. The Morgan fingerprint density at radius 1 is 0.804 bits per heavy atom. The average molecular weight is 759 g/mol. The van der Waals surface area contributed by atoms with Crippen LogP contribution in [0.2, 0.25) is 0 Å². The molecule has 56 heavy (non-hydrogen) atoms. The Hall–Kier alpha value is -5.28. The molecule has 8 rings (SSSR count). The third kappa shape index (κ3) is 6.80. The lowest BCUT2D eigenvalue weighted by Gasteiger charge is -2.64. The zero-order valence-corrected chi connectivity index (χ0v) is 32.1. The van der Waals surface area contributed by atoms with E-state index in [9.17, 15) is 24.9 Å². The lowest BCUT2D eigenvalue weighted by Crippen LogP contribution is -2.59. The molecule has 0 saturated heterocycles. The molecule has 0 unspecified atom stereocenters. The maximum absolute atomic E-state index is 13.9. The van der Waals surface area contributed by atoms with Crippen molar-refractivity contribution in [3.63, 3.8) is 0 Å². The molecule has 2 fully saturated rings. The first-order chi connectivity index (χ1) is 27.1. The number of allylic oxidation sites excluding steroid dienone is 1. The van der Waals surface area contributed by atoms with Crippen molar-refractivity contribution in [2.45, 2.75) is 82.5 Å². The van der Waals surface area contributed by atoms with E-state index in [0.29, 0.717) is 36.3 Å². The van der Waals surface area contributed by atoms with Crippen LogP contribution >= 0.6 is 0 Å². The van der Waals surface area contributed by atoms with Crippen molar-refractivity contribution in [1.82, 2.24) is 0 Å². The molecule has 0 heterocycles. The van der Waals surface area contributed by atoms with Crippen LogP contribution in [0.5, 0.6) is 23.0 Å². The Labute approximate surface area is 327 Å². The van der Waals surface area contributed by atoms with Gasteiger partial charge in [0, 0.05) is 24.7 Å². The highest BCUT2D eigenvalue weighted by Crippen LogP contribution is 2.69. The minimum atomic E-state index is -0.602. The maximum atomic E-state index is 13.9. The smallest absolute Gasteiger partial charge is 0.310 e. The molecule has 8 atom stereocenters. The maximum Gasteiger partial charge on any atom is 0.310 e. The Kier molecular flexibility index (Phi) is 10.3. The third-order valence-corrected chi connectivity index (χ3v) is 13.1. The molecule has 9 heteroatoms. The third-order valence-electron chi connectivity index (χ3n) is 13.1. The highest BCUT2D eigenvalue weighted by molar-refractivity contribution is 5.73. The van der Waals surface area contributed by atoms with Gasteiger partial charge in [-0.05, 0) is 119 Å². The number of ether oxygens (including phenoxy) is 4. The van der Waals surface area contributed by atoms with Gasteiger partial charge in [0.1, 0.15) is 12.2 Å². The molecule has 292 valence electrons. The Morgan fingerprint density at radius 3 is 2.29 bits per heavy atom. The van der Waals surface area contributed by atoms with Crippen LogP contribution in [0.1, 0.15) is 83.4 Å². The van der Waals surface area contributed by atoms with Crippen LogP contribution < -0.4 is 9.47 Å². The molecule has 0 spiro atoms. The van der Waals surface area contributed by atoms with Crippen molar-refractivity contribution in [3.05, 3.63) is 124 Å². The molecule has 2 saturated carbocycles. The fraction of sp³-hybridized carbons (Fsp3) is 0.404. The fourth-order valence-electron chi connectivity index (χ4n) is 11.1. The number of aromatic hydroxyl groups is 2. The quantitative estimate of drug-likeness (QED) is 0.146. The number of esters is 2. The van der Waals surface area contributed by atoms with Crippen molar-refractivity contribution in [2.75, 3.05) is 14.2 Å². The van der Waals surface area contributed by atoms with Gasteiger partial charge in [0.25, 0.3) is 0 Å². The Bertz CT molecular complexity index is 2140. The molecule has 4 aromatic rings. The summed E-state index contributed by atoms with van der Waals surface area (Å²) in [4.78, 5) is 27.0. The first-order valence-corrected chi connectivity index (χ1v) is 19.7. The van der Waals surface area contributed by atoms with Gasteiger partial charge in [-0.15, -0.1) is 0 Å². The zero-order valence-electron chi connectivity index (χ0n) is 32.1. The summed E-state index contributed by atoms with van der Waals surface area (Å²) in [6, 6.07) is 25.2. The van der Waals surface area contributed by atoms with Gasteiger partial charge < -0.3 is 34.3 Å². The number of phenols is 2. The zero-order chi connectivity index (χ0) is 39.1. The number of rotatable bonds is 9. The second-order valence-corrected chi connectivity index (χ2v) is 16.1. The van der Waals surface area contributed by atoms with Crippen LogP contribution in [0, 0.1) is 23.2 Å². The first-order valence-electron chi connectivity index (χ1n) is 19.7. The van der Waals surface area contributed by atoms with E-state index in [4.69, 9.17) is 18.9 Å². The van der Waals surface area contributed by atoms with E-state index in [-0.39, 0.29) is 54.1 Å². The van der Waals surface area contributed by atoms with E-state index in [1.807, 2.05) is 66.7 Å². The van der Waals surface area contributed by atoms with E-state index < -0.39 is 29.6 Å². The van der Waals surface area contributed by atoms with Crippen LogP contribution in [0.25, 0.3) is 6.08 Å². The standard InChI is InChI=1S/C47H50O9/c1-27(49)55-42-23-34(56-45(52)17-29-10-7-11-30(16-29)26-48)22-37-35-25-44(54-3)40(50)20-32(35)18-31-12-13-38-36-24-41(51)43(53-2)21-33(36)19-39(42)47(38,46(31)37)15-14-28-8-5-4-6-9-28/h4-11,14-16,20-21,24-25,31,34,37-39,42,46,48,50-51H,12-13,17-19,22-23,26H2,1-3H3/b15-14+/t31-,34+,37-,38+,39-,42-,46-,47-/m1/s1. The summed E-state index contributed by atoms with van der Waals surface area (Å²) >= 11 is 0. The van der Waals surface area contributed by atoms with E-state index in [0.717, 1.165) is 52.6 Å².